The fourth-order valence-corrected chi connectivity index (χ4v) is 2.50. The van der Waals surface area contributed by atoms with Crippen molar-refractivity contribution in [2.45, 2.75) is 31.7 Å². The first-order chi connectivity index (χ1) is 7.66. The van der Waals surface area contributed by atoms with Gasteiger partial charge in [0.2, 0.25) is 0 Å². The molecule has 4 nitrogen and oxygen atoms in total. The van der Waals surface area contributed by atoms with Gasteiger partial charge < -0.3 is 10.6 Å². The fraction of sp³-hybridized carbons (Fsp3) is 0.636. The maximum absolute atomic E-state index is 5.62. The van der Waals surface area contributed by atoms with E-state index in [0.29, 0.717) is 11.9 Å². The fourth-order valence-electron chi connectivity index (χ4n) is 2.16. The lowest BCUT2D eigenvalue weighted by molar-refractivity contribution is 0.183. The minimum absolute atomic E-state index is 0.459. The zero-order valence-corrected chi connectivity index (χ0v) is 11.1. The molecule has 0 bridgehead atoms. The number of aromatic nitrogens is 2. The van der Waals surface area contributed by atoms with E-state index in [-0.39, 0.29) is 0 Å². The molecule has 0 amide bonds. The van der Waals surface area contributed by atoms with Crippen LogP contribution in [0.4, 0.5) is 5.82 Å². The predicted molar refractivity (Wildman–Crippen MR) is 68.1 cm³/mol. The summed E-state index contributed by atoms with van der Waals surface area (Å²) in [5.74, 6) is 0.459. The number of halogens is 1. The first-order valence-electron chi connectivity index (χ1n) is 5.64. The Bertz CT molecular complexity index is 369. The maximum Gasteiger partial charge on any atom is 0.160 e. The number of anilines is 1. The molecule has 2 heterocycles. The number of nitrogens with zero attached hydrogens (tertiary/aromatic N) is 3. The van der Waals surface area contributed by atoms with Crippen LogP contribution in [0.15, 0.2) is 10.5 Å². The number of rotatable bonds is 2. The lowest BCUT2D eigenvalue weighted by Gasteiger charge is -2.32. The topological polar surface area (TPSA) is 55.0 Å². The van der Waals surface area contributed by atoms with Crippen molar-refractivity contribution < 1.29 is 0 Å². The van der Waals surface area contributed by atoms with Crippen LogP contribution in [0.5, 0.6) is 0 Å². The van der Waals surface area contributed by atoms with Crippen LogP contribution in [-0.4, -0.2) is 34.7 Å². The molecule has 1 aliphatic rings. The molecular formula is C11H17BrN4. The first-order valence-corrected chi connectivity index (χ1v) is 6.44. The van der Waals surface area contributed by atoms with Gasteiger partial charge >= 0.3 is 0 Å². The van der Waals surface area contributed by atoms with Crippen LogP contribution < -0.4 is 5.73 Å². The van der Waals surface area contributed by atoms with Crippen molar-refractivity contribution in [3.05, 3.63) is 16.2 Å². The molecular weight excluding hydrogens is 268 g/mol. The van der Waals surface area contributed by atoms with Gasteiger partial charge in [-0.1, -0.05) is 6.42 Å². The quantitative estimate of drug-likeness (QED) is 0.901. The van der Waals surface area contributed by atoms with E-state index in [1.807, 2.05) is 6.07 Å². The Labute approximate surface area is 104 Å². The van der Waals surface area contributed by atoms with Gasteiger partial charge in [-0.15, -0.1) is 5.10 Å². The molecule has 88 valence electrons. The minimum atomic E-state index is 0.459. The van der Waals surface area contributed by atoms with Crippen molar-refractivity contribution in [2.75, 3.05) is 19.3 Å². The maximum atomic E-state index is 5.62. The van der Waals surface area contributed by atoms with Crippen molar-refractivity contribution in [3.63, 3.8) is 0 Å². The average Bonchev–Trinajstić information content (AvgIpc) is 2.27. The lowest BCUT2D eigenvalue weighted by atomic mass is 9.99. The number of nitrogens with two attached hydrogens (primary N) is 1. The summed E-state index contributed by atoms with van der Waals surface area (Å²) in [5.41, 5.74) is 6.63. The van der Waals surface area contributed by atoms with Crippen LogP contribution in [0.3, 0.4) is 0 Å². The van der Waals surface area contributed by atoms with Crippen LogP contribution in [0.2, 0.25) is 0 Å². The van der Waals surface area contributed by atoms with Gasteiger partial charge in [-0.05, 0) is 48.4 Å². The second-order valence-corrected chi connectivity index (χ2v) is 5.26. The summed E-state index contributed by atoms with van der Waals surface area (Å²) in [6.45, 7) is 1.19. The van der Waals surface area contributed by atoms with Crippen LogP contribution in [-0.2, 0) is 6.42 Å². The van der Waals surface area contributed by atoms with Gasteiger partial charge in [0.05, 0.1) is 10.2 Å². The van der Waals surface area contributed by atoms with Crippen LogP contribution >= 0.6 is 15.9 Å². The summed E-state index contributed by atoms with van der Waals surface area (Å²) >= 11 is 3.38. The van der Waals surface area contributed by atoms with Crippen LogP contribution in [0, 0.1) is 0 Å². The molecule has 1 unspecified atom stereocenters. The third-order valence-electron chi connectivity index (χ3n) is 3.19. The molecule has 1 aromatic rings. The predicted octanol–water partition coefficient (Wildman–Crippen LogP) is 1.85. The van der Waals surface area contributed by atoms with E-state index in [0.717, 1.165) is 16.6 Å². The summed E-state index contributed by atoms with van der Waals surface area (Å²) in [6.07, 6.45) is 4.84. The molecule has 1 saturated heterocycles. The van der Waals surface area contributed by atoms with Crippen molar-refractivity contribution in [1.29, 1.82) is 0 Å². The van der Waals surface area contributed by atoms with Gasteiger partial charge in [-0.2, -0.15) is 5.10 Å². The molecule has 1 aliphatic heterocycles. The number of nitrogen functional groups attached to an aromatic ring is 1. The molecule has 1 atom stereocenters. The van der Waals surface area contributed by atoms with E-state index in [9.17, 15) is 0 Å². The van der Waals surface area contributed by atoms with Gasteiger partial charge in [0.15, 0.2) is 5.82 Å². The molecule has 2 N–H and O–H groups in total. The summed E-state index contributed by atoms with van der Waals surface area (Å²) in [6, 6.07) is 2.57. The van der Waals surface area contributed by atoms with Gasteiger partial charge in [0.25, 0.3) is 0 Å². The first kappa shape index (κ1) is 11.8. The Morgan fingerprint density at radius 1 is 1.50 bits per heavy atom. The number of hydrogen-bond donors (Lipinski definition) is 1. The number of piperidine rings is 1. The molecule has 0 radical (unpaired) electrons. The van der Waals surface area contributed by atoms with Crippen molar-refractivity contribution in [3.8, 4) is 0 Å². The van der Waals surface area contributed by atoms with E-state index in [2.05, 4.69) is 38.1 Å². The normalized spacial score (nSPS) is 22.2. The molecule has 0 aromatic carbocycles. The van der Waals surface area contributed by atoms with Crippen LogP contribution in [0.1, 0.15) is 25.0 Å². The summed E-state index contributed by atoms with van der Waals surface area (Å²) in [4.78, 5) is 2.41. The van der Waals surface area contributed by atoms with Gasteiger partial charge in [-0.25, -0.2) is 0 Å². The largest absolute Gasteiger partial charge is 0.381 e. The van der Waals surface area contributed by atoms with E-state index in [1.165, 1.54) is 25.8 Å². The summed E-state index contributed by atoms with van der Waals surface area (Å²) in [7, 11) is 2.18. The van der Waals surface area contributed by atoms with Crippen molar-refractivity contribution in [1.82, 2.24) is 15.1 Å². The average molecular weight is 285 g/mol. The van der Waals surface area contributed by atoms with E-state index < -0.39 is 0 Å². The third kappa shape index (κ3) is 2.71. The Kier molecular flexibility index (Phi) is 3.76. The second kappa shape index (κ2) is 5.10. The van der Waals surface area contributed by atoms with Gasteiger partial charge in [0.1, 0.15) is 0 Å². The molecule has 0 aliphatic carbocycles. The highest BCUT2D eigenvalue weighted by molar-refractivity contribution is 9.10. The minimum Gasteiger partial charge on any atom is -0.381 e. The number of hydrogen-bond acceptors (Lipinski definition) is 4. The molecule has 0 spiro atoms. The SMILES string of the molecule is CN1CCCCC1Cc1cc(Br)c(N)nn1. The Morgan fingerprint density at radius 3 is 3.00 bits per heavy atom. The zero-order valence-electron chi connectivity index (χ0n) is 9.49. The van der Waals surface area contributed by atoms with Crippen molar-refractivity contribution >= 4 is 21.7 Å². The molecule has 2 rings (SSSR count). The van der Waals surface area contributed by atoms with E-state index in [4.69, 9.17) is 5.73 Å². The second-order valence-electron chi connectivity index (χ2n) is 4.40. The van der Waals surface area contributed by atoms with E-state index >= 15 is 0 Å². The highest BCUT2D eigenvalue weighted by Crippen LogP contribution is 2.21. The number of likely N-dealkylation sites (tertiary alicyclic amines) is 1. The van der Waals surface area contributed by atoms with Gasteiger partial charge in [-0.3, -0.25) is 0 Å². The molecule has 0 saturated carbocycles. The molecule has 5 heteroatoms. The van der Waals surface area contributed by atoms with Gasteiger partial charge in [0, 0.05) is 12.5 Å². The lowest BCUT2D eigenvalue weighted by Crippen LogP contribution is -2.37. The third-order valence-corrected chi connectivity index (χ3v) is 3.83. The van der Waals surface area contributed by atoms with Crippen LogP contribution in [0.25, 0.3) is 0 Å². The highest BCUT2D eigenvalue weighted by atomic mass is 79.9. The Morgan fingerprint density at radius 2 is 2.31 bits per heavy atom. The Hall–Kier alpha value is -0.680. The van der Waals surface area contributed by atoms with E-state index in [1.54, 1.807) is 0 Å². The highest BCUT2D eigenvalue weighted by Gasteiger charge is 2.19. The standard InChI is InChI=1S/C11H17BrN4/c1-16-5-3-2-4-9(16)6-8-7-10(12)11(13)15-14-8/h7,9H,2-6H2,1H3,(H2,13,15). The monoisotopic (exact) mass is 284 g/mol. The van der Waals surface area contributed by atoms with Crippen molar-refractivity contribution in [2.24, 2.45) is 0 Å². The summed E-state index contributed by atoms with van der Waals surface area (Å²) < 4.78 is 0.843. The molecule has 16 heavy (non-hydrogen) atoms. The zero-order chi connectivity index (χ0) is 11.5. The Balaban J connectivity index is 2.05. The number of likely N-dealkylation sites (N-methyl/N-ethyl adjacent to an activating group) is 1. The molecule has 1 aromatic heterocycles. The summed E-state index contributed by atoms with van der Waals surface area (Å²) in [5, 5.41) is 8.07. The smallest absolute Gasteiger partial charge is 0.160 e. The molecule has 1 fully saturated rings.